The molecule has 0 spiro atoms. The van der Waals surface area contributed by atoms with Gasteiger partial charge in [0.2, 0.25) is 0 Å². The van der Waals surface area contributed by atoms with Gasteiger partial charge in [0.25, 0.3) is 0 Å². The van der Waals surface area contributed by atoms with Crippen molar-refractivity contribution in [1.29, 1.82) is 5.26 Å². The van der Waals surface area contributed by atoms with Gasteiger partial charge in [-0.15, -0.1) is 0 Å². The van der Waals surface area contributed by atoms with Crippen LogP contribution in [0.25, 0.3) is 0 Å². The molecule has 0 amide bonds. The fourth-order valence-electron chi connectivity index (χ4n) is 1.93. The van der Waals surface area contributed by atoms with Crippen LogP contribution in [0.2, 0.25) is 0 Å². The highest BCUT2D eigenvalue weighted by atomic mass is 15.1. The predicted molar refractivity (Wildman–Crippen MR) is 73.1 cm³/mol. The first-order valence-corrected chi connectivity index (χ1v) is 6.20. The molecule has 0 fully saturated rings. The summed E-state index contributed by atoms with van der Waals surface area (Å²) in [4.78, 5) is 2.14. The highest BCUT2D eigenvalue weighted by Crippen LogP contribution is 2.20. The summed E-state index contributed by atoms with van der Waals surface area (Å²) < 4.78 is 0. The Bertz CT molecular complexity index is 384. The van der Waals surface area contributed by atoms with E-state index >= 15 is 0 Å². The highest BCUT2D eigenvalue weighted by Gasteiger charge is 2.19. The molecular formula is C15H22N2. The molecule has 0 aliphatic heterocycles. The maximum absolute atomic E-state index is 9.03. The highest BCUT2D eigenvalue weighted by molar-refractivity contribution is 5.47. The maximum atomic E-state index is 9.03. The molecule has 1 rings (SSSR count). The van der Waals surface area contributed by atoms with Gasteiger partial charge in [-0.2, -0.15) is 5.26 Å². The summed E-state index contributed by atoms with van der Waals surface area (Å²) >= 11 is 0. The first-order chi connectivity index (χ1) is 7.98. The molecule has 0 heterocycles. The Hall–Kier alpha value is -1.49. The first-order valence-electron chi connectivity index (χ1n) is 6.20. The van der Waals surface area contributed by atoms with Crippen molar-refractivity contribution < 1.29 is 0 Å². The lowest BCUT2D eigenvalue weighted by Gasteiger charge is -2.26. The topological polar surface area (TPSA) is 27.0 Å². The summed E-state index contributed by atoms with van der Waals surface area (Å²) in [6.07, 6.45) is 2.31. The van der Waals surface area contributed by atoms with Gasteiger partial charge >= 0.3 is 0 Å². The minimum absolute atomic E-state index is 0.309. The summed E-state index contributed by atoms with van der Waals surface area (Å²) in [7, 11) is 2.04. The second kappa shape index (κ2) is 5.72. The Labute approximate surface area is 105 Å². The molecule has 1 aromatic rings. The van der Waals surface area contributed by atoms with Crippen LogP contribution in [0.5, 0.6) is 0 Å². The standard InChI is InChI=1S/C15H22N2/c1-5-6-13-7-9-14(10-8-13)17(4)12-15(2,3)11-16/h7-10H,5-6,12H2,1-4H3. The van der Waals surface area contributed by atoms with Crippen LogP contribution < -0.4 is 4.90 Å². The molecule has 0 saturated heterocycles. The predicted octanol–water partition coefficient (Wildman–Crippen LogP) is 3.63. The van der Waals surface area contributed by atoms with Crippen LogP contribution >= 0.6 is 0 Å². The van der Waals surface area contributed by atoms with Gasteiger partial charge in [-0.1, -0.05) is 25.5 Å². The zero-order chi connectivity index (χ0) is 12.9. The van der Waals surface area contributed by atoms with Crippen molar-refractivity contribution in [3.05, 3.63) is 29.8 Å². The zero-order valence-corrected chi connectivity index (χ0v) is 11.3. The van der Waals surface area contributed by atoms with Crippen molar-refractivity contribution >= 4 is 5.69 Å². The molecule has 0 radical (unpaired) electrons. The maximum Gasteiger partial charge on any atom is 0.0702 e. The molecule has 2 nitrogen and oxygen atoms in total. The van der Waals surface area contributed by atoms with Crippen LogP contribution in [-0.2, 0) is 6.42 Å². The average molecular weight is 230 g/mol. The summed E-state index contributed by atoms with van der Waals surface area (Å²) in [5.41, 5.74) is 2.24. The van der Waals surface area contributed by atoms with Crippen LogP contribution in [0.1, 0.15) is 32.8 Å². The summed E-state index contributed by atoms with van der Waals surface area (Å²) in [6.45, 7) is 6.87. The number of rotatable bonds is 5. The van der Waals surface area contributed by atoms with E-state index in [0.29, 0.717) is 0 Å². The van der Waals surface area contributed by atoms with Crippen molar-refractivity contribution in [2.24, 2.45) is 5.41 Å². The van der Waals surface area contributed by atoms with E-state index in [1.165, 1.54) is 17.7 Å². The molecular weight excluding hydrogens is 208 g/mol. The third kappa shape index (κ3) is 4.11. The molecule has 1 aromatic carbocycles. The van der Waals surface area contributed by atoms with Gasteiger partial charge in [0.1, 0.15) is 0 Å². The van der Waals surface area contributed by atoms with Crippen LogP contribution in [-0.4, -0.2) is 13.6 Å². The molecule has 0 bridgehead atoms. The van der Waals surface area contributed by atoms with Crippen molar-refractivity contribution in [3.8, 4) is 6.07 Å². The number of hydrogen-bond donors (Lipinski definition) is 0. The molecule has 0 saturated carbocycles. The Morgan fingerprint density at radius 3 is 2.29 bits per heavy atom. The molecule has 2 heteroatoms. The van der Waals surface area contributed by atoms with Gasteiger partial charge in [-0.3, -0.25) is 0 Å². The normalized spacial score (nSPS) is 11.0. The van der Waals surface area contributed by atoms with Crippen LogP contribution in [0, 0.1) is 16.7 Å². The SMILES string of the molecule is CCCc1ccc(N(C)CC(C)(C)C#N)cc1. The van der Waals surface area contributed by atoms with E-state index < -0.39 is 0 Å². The smallest absolute Gasteiger partial charge is 0.0702 e. The third-order valence-electron chi connectivity index (χ3n) is 2.85. The monoisotopic (exact) mass is 230 g/mol. The lowest BCUT2D eigenvalue weighted by atomic mass is 9.95. The van der Waals surface area contributed by atoms with Gasteiger partial charge < -0.3 is 4.90 Å². The lowest BCUT2D eigenvalue weighted by molar-refractivity contribution is 0.497. The molecule has 92 valence electrons. The number of hydrogen-bond acceptors (Lipinski definition) is 2. The van der Waals surface area contributed by atoms with Crippen molar-refractivity contribution in [3.63, 3.8) is 0 Å². The molecule has 0 atom stereocenters. The van der Waals surface area contributed by atoms with E-state index in [0.717, 1.165) is 13.0 Å². The number of nitrogens with zero attached hydrogens (tertiary/aromatic N) is 2. The average Bonchev–Trinajstić information content (AvgIpc) is 2.30. The van der Waals surface area contributed by atoms with Gasteiger partial charge in [-0.25, -0.2) is 0 Å². The molecule has 0 aromatic heterocycles. The third-order valence-corrected chi connectivity index (χ3v) is 2.85. The van der Waals surface area contributed by atoms with E-state index in [4.69, 9.17) is 5.26 Å². The van der Waals surface area contributed by atoms with Gasteiger partial charge in [-0.05, 0) is 38.0 Å². The second-order valence-corrected chi connectivity index (χ2v) is 5.27. The van der Waals surface area contributed by atoms with E-state index in [-0.39, 0.29) is 5.41 Å². The minimum Gasteiger partial charge on any atom is -0.373 e. The Morgan fingerprint density at radius 2 is 1.82 bits per heavy atom. The van der Waals surface area contributed by atoms with Crippen LogP contribution in [0.15, 0.2) is 24.3 Å². The fourth-order valence-corrected chi connectivity index (χ4v) is 1.93. The largest absolute Gasteiger partial charge is 0.373 e. The molecule has 0 N–H and O–H groups in total. The van der Waals surface area contributed by atoms with E-state index in [9.17, 15) is 0 Å². The first kappa shape index (κ1) is 13.6. The second-order valence-electron chi connectivity index (χ2n) is 5.27. The van der Waals surface area contributed by atoms with Gasteiger partial charge in [0.15, 0.2) is 0 Å². The summed E-state index contributed by atoms with van der Waals surface area (Å²) in [5, 5.41) is 9.03. The summed E-state index contributed by atoms with van der Waals surface area (Å²) in [6, 6.07) is 11.0. The van der Waals surface area contributed by atoms with E-state index in [2.05, 4.69) is 42.2 Å². The van der Waals surface area contributed by atoms with E-state index in [1.807, 2.05) is 20.9 Å². The number of benzene rings is 1. The van der Waals surface area contributed by atoms with Crippen LogP contribution in [0.3, 0.4) is 0 Å². The number of aryl methyl sites for hydroxylation is 1. The van der Waals surface area contributed by atoms with Gasteiger partial charge in [0, 0.05) is 19.3 Å². The molecule has 0 aliphatic rings. The van der Waals surface area contributed by atoms with E-state index in [1.54, 1.807) is 0 Å². The van der Waals surface area contributed by atoms with Crippen LogP contribution in [0.4, 0.5) is 5.69 Å². The quantitative estimate of drug-likeness (QED) is 0.772. The Morgan fingerprint density at radius 1 is 1.24 bits per heavy atom. The Kier molecular flexibility index (Phi) is 4.57. The Balaban J connectivity index is 2.70. The van der Waals surface area contributed by atoms with Gasteiger partial charge in [0.05, 0.1) is 11.5 Å². The van der Waals surface area contributed by atoms with Crippen molar-refractivity contribution in [1.82, 2.24) is 0 Å². The zero-order valence-electron chi connectivity index (χ0n) is 11.3. The molecule has 17 heavy (non-hydrogen) atoms. The van der Waals surface area contributed by atoms with Crippen molar-refractivity contribution in [2.45, 2.75) is 33.6 Å². The van der Waals surface area contributed by atoms with Crippen molar-refractivity contribution in [2.75, 3.05) is 18.5 Å². The molecule has 0 aliphatic carbocycles. The lowest BCUT2D eigenvalue weighted by Crippen LogP contribution is -2.30. The fraction of sp³-hybridized carbons (Fsp3) is 0.533. The summed E-state index contributed by atoms with van der Waals surface area (Å²) in [5.74, 6) is 0. The number of anilines is 1. The minimum atomic E-state index is -0.309. The molecule has 0 unspecified atom stereocenters. The number of nitriles is 1.